The second-order valence-electron chi connectivity index (χ2n) is 5.40. The van der Waals surface area contributed by atoms with Crippen LogP contribution >= 0.6 is 24.0 Å². The van der Waals surface area contributed by atoms with Gasteiger partial charge in [-0.2, -0.15) is 0 Å². The number of carbonyl (C=O) groups is 1. The van der Waals surface area contributed by atoms with E-state index in [0.717, 1.165) is 22.6 Å². The molecule has 0 unspecified atom stereocenters. The minimum absolute atomic E-state index is 0.0871. The lowest BCUT2D eigenvalue weighted by atomic mass is 10.1. The zero-order valence-corrected chi connectivity index (χ0v) is 14.3. The number of hydrogen-bond donors (Lipinski definition) is 0. The van der Waals surface area contributed by atoms with Gasteiger partial charge in [0.25, 0.3) is 5.91 Å². The molecule has 2 aromatic carbocycles. The molecule has 5 heteroatoms. The molecule has 2 aliphatic heterocycles. The maximum atomic E-state index is 12.7. The predicted octanol–water partition coefficient (Wildman–Crippen LogP) is 4.41. The average molecular weight is 351 g/mol. The lowest BCUT2D eigenvalue weighted by Crippen LogP contribution is -2.27. The van der Waals surface area contributed by atoms with Gasteiger partial charge in [-0.1, -0.05) is 60.4 Å². The van der Waals surface area contributed by atoms with Crippen molar-refractivity contribution in [2.75, 3.05) is 11.5 Å². The third kappa shape index (κ3) is 2.77. The highest BCUT2D eigenvalue weighted by Crippen LogP contribution is 2.36. The summed E-state index contributed by atoms with van der Waals surface area (Å²) in [6.07, 6.45) is 3.92. The number of carbonyl (C=O) groups excluding carboxylic acids is 1. The number of para-hydroxylation sites is 2. The number of rotatable bonds is 2. The summed E-state index contributed by atoms with van der Waals surface area (Å²) in [6.45, 7) is 0.451. The molecule has 0 N–H and O–H groups in total. The molecule has 0 radical (unpaired) electrons. The molecular weight excluding hydrogens is 338 g/mol. The van der Waals surface area contributed by atoms with Crippen LogP contribution in [-0.2, 0) is 4.79 Å². The fraction of sp³-hybridized carbons (Fsp3) is 0.0526. The van der Waals surface area contributed by atoms with E-state index in [2.05, 4.69) is 0 Å². The summed E-state index contributed by atoms with van der Waals surface area (Å²) in [4.78, 5) is 14.9. The van der Waals surface area contributed by atoms with Gasteiger partial charge in [-0.3, -0.25) is 9.69 Å². The molecule has 0 aromatic heterocycles. The first-order valence-corrected chi connectivity index (χ1v) is 8.70. The molecule has 3 nitrogen and oxygen atoms in total. The van der Waals surface area contributed by atoms with E-state index in [0.29, 0.717) is 15.8 Å². The third-order valence-corrected chi connectivity index (χ3v) is 5.08. The van der Waals surface area contributed by atoms with Crippen LogP contribution in [0.2, 0.25) is 0 Å². The molecule has 0 saturated carbocycles. The largest absolute Gasteiger partial charge is 0.488 e. The van der Waals surface area contributed by atoms with Crippen LogP contribution in [0.5, 0.6) is 5.75 Å². The van der Waals surface area contributed by atoms with Crippen LogP contribution in [0.25, 0.3) is 6.08 Å². The van der Waals surface area contributed by atoms with E-state index in [-0.39, 0.29) is 5.91 Å². The number of anilines is 1. The van der Waals surface area contributed by atoms with Crippen LogP contribution in [0, 0.1) is 0 Å². The molecule has 4 rings (SSSR count). The van der Waals surface area contributed by atoms with E-state index in [4.69, 9.17) is 17.0 Å². The topological polar surface area (TPSA) is 29.5 Å². The van der Waals surface area contributed by atoms with E-state index >= 15 is 0 Å². The number of thiocarbonyl (C=S) groups is 1. The van der Waals surface area contributed by atoms with Crippen molar-refractivity contribution in [1.82, 2.24) is 0 Å². The first kappa shape index (κ1) is 15.2. The zero-order chi connectivity index (χ0) is 16.5. The van der Waals surface area contributed by atoms with Gasteiger partial charge in [-0.15, -0.1) is 0 Å². The molecule has 0 bridgehead atoms. The molecule has 2 aromatic rings. The fourth-order valence-electron chi connectivity index (χ4n) is 2.65. The first-order chi connectivity index (χ1) is 11.7. The van der Waals surface area contributed by atoms with Gasteiger partial charge in [0.2, 0.25) is 0 Å². The van der Waals surface area contributed by atoms with Crippen molar-refractivity contribution >= 4 is 46.0 Å². The average Bonchev–Trinajstić information content (AvgIpc) is 2.89. The summed E-state index contributed by atoms with van der Waals surface area (Å²) in [5.74, 6) is 0.780. The fourth-order valence-corrected chi connectivity index (χ4v) is 3.97. The summed E-state index contributed by atoms with van der Waals surface area (Å²) in [5.41, 5.74) is 2.78. The molecular formula is C19H13NO2S2. The maximum absolute atomic E-state index is 12.7. The second-order valence-corrected chi connectivity index (χ2v) is 7.07. The lowest BCUT2D eigenvalue weighted by Gasteiger charge is -2.16. The second kappa shape index (κ2) is 6.26. The summed E-state index contributed by atoms with van der Waals surface area (Å²) in [6, 6.07) is 17.3. The Morgan fingerprint density at radius 3 is 2.67 bits per heavy atom. The molecule has 2 aliphatic rings. The standard InChI is InChI=1S/C19H13NO2S2/c21-18-17(24-19(23)20(18)15-7-2-1-3-8-15)11-13-10-14-6-4-5-9-16(14)22-12-13/h1-11H,12H2/b17-11+. The maximum Gasteiger partial charge on any atom is 0.270 e. The Kier molecular flexibility index (Phi) is 3.96. The van der Waals surface area contributed by atoms with Crippen LogP contribution in [-0.4, -0.2) is 16.8 Å². The van der Waals surface area contributed by atoms with E-state index in [9.17, 15) is 4.79 Å². The van der Waals surface area contributed by atoms with Crippen molar-refractivity contribution in [3.05, 3.63) is 76.7 Å². The summed E-state index contributed by atoms with van der Waals surface area (Å²) < 4.78 is 6.29. The van der Waals surface area contributed by atoms with E-state index in [1.54, 1.807) is 4.90 Å². The van der Waals surface area contributed by atoms with Gasteiger partial charge in [0.1, 0.15) is 12.4 Å². The van der Waals surface area contributed by atoms with Gasteiger partial charge in [0, 0.05) is 5.56 Å². The van der Waals surface area contributed by atoms with Gasteiger partial charge < -0.3 is 4.74 Å². The molecule has 1 fully saturated rings. The smallest absolute Gasteiger partial charge is 0.270 e. The van der Waals surface area contributed by atoms with Crippen molar-refractivity contribution < 1.29 is 9.53 Å². The summed E-state index contributed by atoms with van der Waals surface area (Å²) in [5, 5.41) is 0. The van der Waals surface area contributed by atoms with E-state index in [1.165, 1.54) is 11.8 Å². The minimum Gasteiger partial charge on any atom is -0.488 e. The Labute approximate surface area is 149 Å². The number of fused-ring (bicyclic) bond motifs is 1. The Balaban J connectivity index is 1.64. The van der Waals surface area contributed by atoms with Gasteiger partial charge in [0.15, 0.2) is 4.32 Å². The first-order valence-electron chi connectivity index (χ1n) is 7.48. The van der Waals surface area contributed by atoms with Crippen LogP contribution in [0.1, 0.15) is 5.56 Å². The highest BCUT2D eigenvalue weighted by molar-refractivity contribution is 8.27. The van der Waals surface area contributed by atoms with Crippen LogP contribution in [0.15, 0.2) is 71.2 Å². The van der Waals surface area contributed by atoms with E-state index in [1.807, 2.05) is 66.7 Å². The van der Waals surface area contributed by atoms with Crippen molar-refractivity contribution in [2.45, 2.75) is 0 Å². The summed E-state index contributed by atoms with van der Waals surface area (Å²) in [7, 11) is 0. The van der Waals surface area contributed by atoms with Gasteiger partial charge in [-0.05, 0) is 35.9 Å². The number of nitrogens with zero attached hydrogens (tertiary/aromatic N) is 1. The van der Waals surface area contributed by atoms with Crippen LogP contribution < -0.4 is 9.64 Å². The quantitative estimate of drug-likeness (QED) is 0.592. The van der Waals surface area contributed by atoms with E-state index < -0.39 is 0 Å². The molecule has 0 atom stereocenters. The molecule has 24 heavy (non-hydrogen) atoms. The van der Waals surface area contributed by atoms with Gasteiger partial charge >= 0.3 is 0 Å². The number of ether oxygens (including phenoxy) is 1. The Hall–Kier alpha value is -2.37. The Morgan fingerprint density at radius 1 is 1.08 bits per heavy atom. The van der Waals surface area contributed by atoms with Crippen molar-refractivity contribution in [3.8, 4) is 5.75 Å². The lowest BCUT2D eigenvalue weighted by molar-refractivity contribution is -0.113. The van der Waals surface area contributed by atoms with Crippen molar-refractivity contribution in [3.63, 3.8) is 0 Å². The van der Waals surface area contributed by atoms with Gasteiger partial charge in [0.05, 0.1) is 10.6 Å². The molecule has 0 aliphatic carbocycles. The van der Waals surface area contributed by atoms with Gasteiger partial charge in [-0.25, -0.2) is 0 Å². The molecule has 0 spiro atoms. The van der Waals surface area contributed by atoms with Crippen LogP contribution in [0.4, 0.5) is 5.69 Å². The zero-order valence-electron chi connectivity index (χ0n) is 12.6. The third-order valence-electron chi connectivity index (χ3n) is 3.78. The number of amides is 1. The number of thioether (sulfide) groups is 1. The molecule has 118 valence electrons. The normalized spacial score (nSPS) is 18.4. The highest BCUT2D eigenvalue weighted by Gasteiger charge is 2.33. The minimum atomic E-state index is -0.0871. The molecule has 1 amide bonds. The Morgan fingerprint density at radius 2 is 1.83 bits per heavy atom. The van der Waals surface area contributed by atoms with Crippen molar-refractivity contribution in [1.29, 1.82) is 0 Å². The number of hydrogen-bond acceptors (Lipinski definition) is 4. The molecule has 1 saturated heterocycles. The monoisotopic (exact) mass is 351 g/mol. The summed E-state index contributed by atoms with van der Waals surface area (Å²) >= 11 is 6.71. The van der Waals surface area contributed by atoms with Crippen LogP contribution in [0.3, 0.4) is 0 Å². The van der Waals surface area contributed by atoms with Crippen molar-refractivity contribution in [2.24, 2.45) is 0 Å². The SMILES string of the molecule is O=C1/C(=C\C2=Cc3ccccc3OC2)SC(=S)N1c1ccccc1. The Bertz CT molecular complexity index is 887. The predicted molar refractivity (Wildman–Crippen MR) is 102 cm³/mol. The molecule has 2 heterocycles. The number of benzene rings is 2. The highest BCUT2D eigenvalue weighted by atomic mass is 32.2.